The summed E-state index contributed by atoms with van der Waals surface area (Å²) in [5, 5.41) is 21.2. The molecule has 1 atom stereocenters. The quantitative estimate of drug-likeness (QED) is 0.346. The lowest BCUT2D eigenvalue weighted by Crippen LogP contribution is -2.23. The number of nitrogens with zero attached hydrogens (tertiary/aromatic N) is 5. The van der Waals surface area contributed by atoms with Crippen LogP contribution < -0.4 is 20.7 Å². The fourth-order valence-corrected chi connectivity index (χ4v) is 4.82. The first-order valence-electron chi connectivity index (χ1n) is 11.6. The lowest BCUT2D eigenvalue weighted by molar-refractivity contribution is -0.117. The third-order valence-electron chi connectivity index (χ3n) is 6.19. The molecular formula is C23H27N9O4S. The van der Waals surface area contributed by atoms with E-state index in [1.165, 1.54) is 20.4 Å². The molecule has 194 valence electrons. The number of para-hydroxylation sites is 1. The molecule has 1 aromatic carbocycles. The molecule has 2 aliphatic rings. The van der Waals surface area contributed by atoms with Gasteiger partial charge in [-0.15, -0.1) is 10.2 Å². The molecule has 4 N–H and O–H groups in total. The first-order chi connectivity index (χ1) is 17.7. The van der Waals surface area contributed by atoms with Crippen molar-refractivity contribution in [2.45, 2.75) is 25.9 Å². The Balaban J connectivity index is 1.47. The SMILES string of the molecule is CNC(=O)c1nnc(NC(=O)C2CC2)cc1Nc1cccc(-n2cc3c(n2)CN(S(C)(=N)=O)C3)c1OC. The second-order valence-corrected chi connectivity index (χ2v) is 11.1. The molecule has 0 spiro atoms. The Hall–Kier alpha value is -4.04. The summed E-state index contributed by atoms with van der Waals surface area (Å²) in [5.74, 6) is 0.115. The van der Waals surface area contributed by atoms with E-state index in [0.717, 1.165) is 24.1 Å². The number of carbonyl (C=O) groups is 2. The first kappa shape index (κ1) is 24.6. The fourth-order valence-electron chi connectivity index (χ4n) is 4.06. The van der Waals surface area contributed by atoms with E-state index < -0.39 is 15.8 Å². The van der Waals surface area contributed by atoms with Gasteiger partial charge in [0.15, 0.2) is 17.3 Å². The smallest absolute Gasteiger partial charge is 0.273 e. The molecule has 1 aliphatic heterocycles. The van der Waals surface area contributed by atoms with E-state index in [9.17, 15) is 13.8 Å². The van der Waals surface area contributed by atoms with Crippen molar-refractivity contribution in [2.24, 2.45) is 5.92 Å². The molecule has 1 saturated carbocycles. The number of aromatic nitrogens is 4. The van der Waals surface area contributed by atoms with E-state index in [-0.39, 0.29) is 23.3 Å². The van der Waals surface area contributed by atoms with Crippen molar-refractivity contribution in [3.05, 3.63) is 47.4 Å². The monoisotopic (exact) mass is 525 g/mol. The Kier molecular flexibility index (Phi) is 6.29. The normalized spacial score (nSPS) is 16.5. The highest BCUT2D eigenvalue weighted by Gasteiger charge is 2.30. The van der Waals surface area contributed by atoms with Crippen molar-refractivity contribution in [2.75, 3.05) is 31.0 Å². The molecule has 1 fully saturated rings. The van der Waals surface area contributed by atoms with Crippen molar-refractivity contribution in [3.8, 4) is 11.4 Å². The number of methoxy groups -OCH3 is 1. The number of nitrogens with one attached hydrogen (secondary N) is 4. The minimum atomic E-state index is -2.82. The molecule has 14 heteroatoms. The molecule has 1 aliphatic carbocycles. The summed E-state index contributed by atoms with van der Waals surface area (Å²) >= 11 is 0. The lowest BCUT2D eigenvalue weighted by Gasteiger charge is -2.17. The van der Waals surface area contributed by atoms with Crippen molar-refractivity contribution in [1.29, 1.82) is 4.78 Å². The van der Waals surface area contributed by atoms with Gasteiger partial charge < -0.3 is 20.7 Å². The van der Waals surface area contributed by atoms with Crippen molar-refractivity contribution < 1.29 is 18.5 Å². The standard InChI is InChI=1S/C23H27N9O4S/c1-25-23(34)20-16(9-19(28-29-20)27-22(33)13-7-8-13)26-15-5-4-6-18(21(15)36-2)32-11-14-10-31(37(3,24)35)12-17(14)30-32/h4-6,9,11,13,24H,7-8,10,12H2,1-3H3,(H,25,34)(H2,26,27,28,33). The molecule has 5 rings (SSSR count). The van der Waals surface area contributed by atoms with Gasteiger partial charge in [0.2, 0.25) is 5.91 Å². The van der Waals surface area contributed by atoms with E-state index in [2.05, 4.69) is 31.2 Å². The summed E-state index contributed by atoms with van der Waals surface area (Å²) in [6.45, 7) is 0.705. The summed E-state index contributed by atoms with van der Waals surface area (Å²) < 4.78 is 28.9. The van der Waals surface area contributed by atoms with Crippen LogP contribution in [0, 0.1) is 10.7 Å². The summed E-state index contributed by atoms with van der Waals surface area (Å²) in [7, 11) is 0.204. The Bertz CT molecular complexity index is 1470. The molecule has 0 saturated heterocycles. The second kappa shape index (κ2) is 9.44. The van der Waals surface area contributed by atoms with Crippen LogP contribution in [0.3, 0.4) is 0 Å². The zero-order valence-corrected chi connectivity index (χ0v) is 21.4. The van der Waals surface area contributed by atoms with Crippen LogP contribution in [0.4, 0.5) is 17.2 Å². The van der Waals surface area contributed by atoms with E-state index in [1.54, 1.807) is 21.1 Å². The van der Waals surface area contributed by atoms with Crippen LogP contribution in [-0.2, 0) is 27.8 Å². The van der Waals surface area contributed by atoms with Gasteiger partial charge in [-0.05, 0) is 25.0 Å². The van der Waals surface area contributed by atoms with Crippen molar-refractivity contribution in [3.63, 3.8) is 0 Å². The number of ether oxygens (including phenoxy) is 1. The Morgan fingerprint density at radius 3 is 2.62 bits per heavy atom. The minimum Gasteiger partial charge on any atom is -0.492 e. The molecule has 2 amide bonds. The zero-order valence-electron chi connectivity index (χ0n) is 20.6. The summed E-state index contributed by atoms with van der Waals surface area (Å²) in [6.07, 6.45) is 4.92. The molecule has 1 unspecified atom stereocenters. The van der Waals surface area contributed by atoms with Gasteiger partial charge in [0.1, 0.15) is 15.6 Å². The predicted octanol–water partition coefficient (Wildman–Crippen LogP) is 2.03. The lowest BCUT2D eigenvalue weighted by atomic mass is 10.2. The van der Waals surface area contributed by atoms with Crippen LogP contribution in [0.5, 0.6) is 5.75 Å². The molecule has 0 bridgehead atoms. The highest BCUT2D eigenvalue weighted by molar-refractivity contribution is 7.89. The zero-order chi connectivity index (χ0) is 26.3. The fraction of sp³-hybridized carbons (Fsp3) is 0.348. The van der Waals surface area contributed by atoms with Gasteiger partial charge in [-0.25, -0.2) is 18.0 Å². The molecule has 37 heavy (non-hydrogen) atoms. The number of hydrogen-bond donors (Lipinski definition) is 4. The van der Waals surface area contributed by atoms with Gasteiger partial charge in [0.25, 0.3) is 5.91 Å². The molecular weight excluding hydrogens is 498 g/mol. The Morgan fingerprint density at radius 2 is 1.97 bits per heavy atom. The summed E-state index contributed by atoms with van der Waals surface area (Å²) in [6, 6.07) is 6.99. The average molecular weight is 526 g/mol. The Morgan fingerprint density at radius 1 is 1.19 bits per heavy atom. The van der Waals surface area contributed by atoms with E-state index >= 15 is 0 Å². The van der Waals surface area contributed by atoms with Gasteiger partial charge in [-0.3, -0.25) is 9.59 Å². The molecule has 3 heterocycles. The maximum atomic E-state index is 12.5. The topological polar surface area (TPSA) is 167 Å². The third-order valence-corrected chi connectivity index (χ3v) is 7.44. The summed E-state index contributed by atoms with van der Waals surface area (Å²) in [4.78, 5) is 24.7. The maximum absolute atomic E-state index is 12.5. The predicted molar refractivity (Wildman–Crippen MR) is 136 cm³/mol. The third kappa shape index (κ3) is 4.97. The number of rotatable bonds is 8. The molecule has 3 aromatic rings. The highest BCUT2D eigenvalue weighted by Crippen LogP contribution is 2.36. The number of amides is 2. The van der Waals surface area contributed by atoms with Gasteiger partial charge in [-0.2, -0.15) is 5.10 Å². The average Bonchev–Trinajstić information content (AvgIpc) is 3.52. The van der Waals surface area contributed by atoms with E-state index in [1.807, 2.05) is 18.3 Å². The van der Waals surface area contributed by atoms with Crippen molar-refractivity contribution >= 4 is 38.9 Å². The van der Waals surface area contributed by atoms with Crippen LogP contribution in [0.2, 0.25) is 0 Å². The summed E-state index contributed by atoms with van der Waals surface area (Å²) in [5.41, 5.74) is 3.20. The van der Waals surface area contributed by atoms with E-state index in [4.69, 9.17) is 9.52 Å². The van der Waals surface area contributed by atoms with Crippen molar-refractivity contribution in [1.82, 2.24) is 29.6 Å². The molecule has 0 radical (unpaired) electrons. The molecule has 13 nitrogen and oxygen atoms in total. The minimum absolute atomic E-state index is 0.0127. The Labute approximate surface area is 213 Å². The number of hydrogen-bond acceptors (Lipinski definition) is 9. The van der Waals surface area contributed by atoms with Crippen LogP contribution in [0.1, 0.15) is 34.6 Å². The van der Waals surface area contributed by atoms with Gasteiger partial charge in [0, 0.05) is 43.6 Å². The van der Waals surface area contributed by atoms with Crippen LogP contribution in [0.15, 0.2) is 30.5 Å². The van der Waals surface area contributed by atoms with Crippen LogP contribution in [0.25, 0.3) is 5.69 Å². The van der Waals surface area contributed by atoms with Crippen LogP contribution >= 0.6 is 0 Å². The largest absolute Gasteiger partial charge is 0.492 e. The number of fused-ring (bicyclic) bond motifs is 1. The van der Waals surface area contributed by atoms with E-state index in [0.29, 0.717) is 35.9 Å². The highest BCUT2D eigenvalue weighted by atomic mass is 32.2. The number of benzene rings is 1. The number of anilines is 3. The number of carbonyl (C=O) groups excluding carboxylic acids is 2. The van der Waals surface area contributed by atoms with Crippen LogP contribution in [-0.4, -0.2) is 60.7 Å². The van der Waals surface area contributed by atoms with Gasteiger partial charge in [0.05, 0.1) is 30.7 Å². The molecule has 2 aromatic heterocycles. The first-order valence-corrected chi connectivity index (χ1v) is 13.5. The van der Waals surface area contributed by atoms with Gasteiger partial charge in [-0.1, -0.05) is 6.07 Å². The maximum Gasteiger partial charge on any atom is 0.273 e. The van der Waals surface area contributed by atoms with Gasteiger partial charge >= 0.3 is 0 Å². The second-order valence-electron chi connectivity index (χ2n) is 8.96.